The molecule has 2 fully saturated rings. The molecular weight excluding hydrogens is 226 g/mol. The van der Waals surface area contributed by atoms with Gasteiger partial charge in [-0.15, -0.1) is 0 Å². The molecule has 0 spiro atoms. The van der Waals surface area contributed by atoms with E-state index in [0.29, 0.717) is 12.0 Å². The third kappa shape index (κ3) is 2.72. The largest absolute Gasteiger partial charge is 0.381 e. The van der Waals surface area contributed by atoms with E-state index in [-0.39, 0.29) is 5.54 Å². The average molecular weight is 255 g/mol. The number of ether oxygens (including phenoxy) is 1. The van der Waals surface area contributed by atoms with Crippen molar-refractivity contribution in [3.8, 4) is 0 Å². The number of nitrogens with two attached hydrogens (primary N) is 1. The van der Waals surface area contributed by atoms with Crippen LogP contribution in [-0.2, 0) is 4.74 Å². The predicted octanol–water partition coefficient (Wildman–Crippen LogP) is 1.51. The maximum Gasteiger partial charge on any atom is 0.0469 e. The van der Waals surface area contributed by atoms with Crippen molar-refractivity contribution in [1.82, 2.24) is 10.3 Å². The topological polar surface area (TPSA) is 50.5 Å². The minimum absolute atomic E-state index is 0.188. The van der Waals surface area contributed by atoms with E-state index in [0.717, 1.165) is 32.5 Å². The molecule has 2 unspecified atom stereocenters. The van der Waals surface area contributed by atoms with Gasteiger partial charge in [-0.1, -0.05) is 6.92 Å². The maximum absolute atomic E-state index is 5.92. The van der Waals surface area contributed by atoms with Gasteiger partial charge in [0.1, 0.15) is 0 Å². The average Bonchev–Trinajstić information content (AvgIpc) is 2.95. The van der Waals surface area contributed by atoms with Gasteiger partial charge in [-0.3, -0.25) is 16.2 Å². The van der Waals surface area contributed by atoms with E-state index in [9.17, 15) is 0 Å². The molecule has 106 valence electrons. The van der Waals surface area contributed by atoms with Crippen LogP contribution in [0.3, 0.4) is 0 Å². The van der Waals surface area contributed by atoms with Crippen molar-refractivity contribution in [1.29, 1.82) is 0 Å². The molecule has 2 saturated heterocycles. The van der Waals surface area contributed by atoms with Gasteiger partial charge < -0.3 is 4.74 Å². The minimum atomic E-state index is 0.188. The van der Waals surface area contributed by atoms with E-state index in [1.54, 1.807) is 0 Å². The van der Waals surface area contributed by atoms with Crippen molar-refractivity contribution >= 4 is 0 Å². The Hall–Kier alpha value is -0.160. The lowest BCUT2D eigenvalue weighted by molar-refractivity contribution is 0.00421. The minimum Gasteiger partial charge on any atom is -0.381 e. The molecule has 0 aromatic carbocycles. The second kappa shape index (κ2) is 6.33. The van der Waals surface area contributed by atoms with Gasteiger partial charge in [-0.2, -0.15) is 0 Å². The molecule has 0 bridgehead atoms. The fraction of sp³-hybridized carbons (Fsp3) is 1.00. The van der Waals surface area contributed by atoms with Crippen molar-refractivity contribution < 1.29 is 4.74 Å². The zero-order chi connectivity index (χ0) is 13.0. The highest BCUT2D eigenvalue weighted by Gasteiger charge is 2.42. The summed E-state index contributed by atoms with van der Waals surface area (Å²) < 4.78 is 5.48. The molecule has 18 heavy (non-hydrogen) atoms. The molecule has 2 heterocycles. The van der Waals surface area contributed by atoms with E-state index in [2.05, 4.69) is 24.2 Å². The van der Waals surface area contributed by atoms with Crippen LogP contribution in [0.2, 0.25) is 0 Å². The summed E-state index contributed by atoms with van der Waals surface area (Å²) in [5, 5.41) is 0. The van der Waals surface area contributed by atoms with Crippen molar-refractivity contribution in [2.24, 2.45) is 11.8 Å². The molecule has 0 aliphatic carbocycles. The number of nitrogens with one attached hydrogen (secondary N) is 1. The zero-order valence-electron chi connectivity index (χ0n) is 12.0. The van der Waals surface area contributed by atoms with E-state index in [4.69, 9.17) is 10.6 Å². The zero-order valence-corrected chi connectivity index (χ0v) is 12.0. The Balaban J connectivity index is 2.10. The molecule has 2 rings (SSSR count). The van der Waals surface area contributed by atoms with E-state index in [1.807, 2.05) is 0 Å². The first-order valence-corrected chi connectivity index (χ1v) is 7.51. The van der Waals surface area contributed by atoms with Crippen molar-refractivity contribution in [3.05, 3.63) is 0 Å². The molecule has 4 heteroatoms. The smallest absolute Gasteiger partial charge is 0.0469 e. The number of likely N-dealkylation sites (tertiary alicyclic amines) is 1. The first kappa shape index (κ1) is 14.3. The van der Waals surface area contributed by atoms with Crippen LogP contribution in [-0.4, -0.2) is 42.8 Å². The lowest BCUT2D eigenvalue weighted by Gasteiger charge is -2.48. The van der Waals surface area contributed by atoms with Crippen LogP contribution in [0.15, 0.2) is 0 Å². The summed E-state index contributed by atoms with van der Waals surface area (Å²) in [5.74, 6) is 6.56. The third-order valence-electron chi connectivity index (χ3n) is 5.13. The molecule has 0 amide bonds. The maximum atomic E-state index is 5.92. The molecule has 3 N–H and O–H groups in total. The van der Waals surface area contributed by atoms with Gasteiger partial charge in [0.25, 0.3) is 0 Å². The normalized spacial score (nSPS) is 28.2. The fourth-order valence-corrected chi connectivity index (χ4v) is 3.74. The number of hydrazine groups is 1. The summed E-state index contributed by atoms with van der Waals surface area (Å²) in [6.07, 6.45) is 6.09. The van der Waals surface area contributed by atoms with Gasteiger partial charge in [-0.25, -0.2) is 0 Å². The summed E-state index contributed by atoms with van der Waals surface area (Å²) in [6, 6.07) is 0.379. The lowest BCUT2D eigenvalue weighted by atomic mass is 9.77. The van der Waals surface area contributed by atoms with Crippen LogP contribution in [0.5, 0.6) is 0 Å². The molecule has 0 aromatic heterocycles. The highest BCUT2D eigenvalue weighted by Crippen LogP contribution is 2.34. The first-order chi connectivity index (χ1) is 8.72. The van der Waals surface area contributed by atoms with Crippen molar-refractivity contribution in [3.63, 3.8) is 0 Å². The molecule has 2 atom stereocenters. The summed E-state index contributed by atoms with van der Waals surface area (Å²) in [7, 11) is 0. The second-order valence-electron chi connectivity index (χ2n) is 6.00. The van der Waals surface area contributed by atoms with Gasteiger partial charge >= 0.3 is 0 Å². The Bertz CT molecular complexity index is 249. The van der Waals surface area contributed by atoms with Crippen LogP contribution >= 0.6 is 0 Å². The summed E-state index contributed by atoms with van der Waals surface area (Å²) >= 11 is 0. The quantitative estimate of drug-likeness (QED) is 0.577. The van der Waals surface area contributed by atoms with Crippen LogP contribution < -0.4 is 11.3 Å². The predicted molar refractivity (Wildman–Crippen MR) is 74.2 cm³/mol. The van der Waals surface area contributed by atoms with Gasteiger partial charge in [-0.05, 0) is 58.0 Å². The van der Waals surface area contributed by atoms with Gasteiger partial charge in [0.2, 0.25) is 0 Å². The highest BCUT2D eigenvalue weighted by atomic mass is 16.5. The molecule has 2 aliphatic heterocycles. The number of rotatable bonds is 5. The van der Waals surface area contributed by atoms with Crippen LogP contribution in [0.25, 0.3) is 0 Å². The monoisotopic (exact) mass is 255 g/mol. The Morgan fingerprint density at radius 2 is 1.94 bits per heavy atom. The molecule has 0 aromatic rings. The molecule has 4 nitrogen and oxygen atoms in total. The van der Waals surface area contributed by atoms with Crippen LogP contribution in [0.4, 0.5) is 0 Å². The Labute approximate surface area is 111 Å². The number of nitrogens with zero attached hydrogens (tertiary/aromatic N) is 1. The standard InChI is InChI=1S/C14H29N3O/c1-3-14(2,17-8-4-5-9-17)13(16-15)12-6-10-18-11-7-12/h12-13,16H,3-11,15H2,1-2H3. The van der Waals surface area contributed by atoms with Crippen molar-refractivity contribution in [2.75, 3.05) is 26.3 Å². The molecule has 0 radical (unpaired) electrons. The van der Waals surface area contributed by atoms with Gasteiger partial charge in [0.15, 0.2) is 0 Å². The lowest BCUT2D eigenvalue weighted by Crippen LogP contribution is -2.63. The highest BCUT2D eigenvalue weighted by molar-refractivity contribution is 5.00. The van der Waals surface area contributed by atoms with E-state index in [1.165, 1.54) is 25.9 Å². The van der Waals surface area contributed by atoms with Gasteiger partial charge in [0.05, 0.1) is 0 Å². The molecular formula is C14H29N3O. The Morgan fingerprint density at radius 3 is 2.44 bits per heavy atom. The fourth-order valence-electron chi connectivity index (χ4n) is 3.74. The Kier molecular flexibility index (Phi) is 5.01. The Morgan fingerprint density at radius 1 is 1.33 bits per heavy atom. The molecule has 2 aliphatic rings. The first-order valence-electron chi connectivity index (χ1n) is 7.51. The van der Waals surface area contributed by atoms with Gasteiger partial charge in [0, 0.05) is 24.8 Å². The number of hydrogen-bond acceptors (Lipinski definition) is 4. The SMILES string of the molecule is CCC(C)(C(NN)C1CCOCC1)N1CCCC1. The molecule has 0 saturated carbocycles. The van der Waals surface area contributed by atoms with E-state index < -0.39 is 0 Å². The summed E-state index contributed by atoms with van der Waals surface area (Å²) in [5.41, 5.74) is 3.33. The van der Waals surface area contributed by atoms with Crippen molar-refractivity contribution in [2.45, 2.75) is 57.5 Å². The van der Waals surface area contributed by atoms with Crippen LogP contribution in [0, 0.1) is 5.92 Å². The summed E-state index contributed by atoms with van der Waals surface area (Å²) in [6.45, 7) is 8.92. The summed E-state index contributed by atoms with van der Waals surface area (Å²) in [4.78, 5) is 2.65. The third-order valence-corrected chi connectivity index (χ3v) is 5.13. The van der Waals surface area contributed by atoms with E-state index >= 15 is 0 Å². The van der Waals surface area contributed by atoms with Crippen LogP contribution in [0.1, 0.15) is 46.0 Å². The number of hydrogen-bond donors (Lipinski definition) is 2. The second-order valence-corrected chi connectivity index (χ2v) is 6.00.